The van der Waals surface area contributed by atoms with E-state index in [0.717, 1.165) is 82.1 Å². The zero-order valence-corrected chi connectivity index (χ0v) is 37.4. The van der Waals surface area contributed by atoms with E-state index >= 15 is 0 Å². The maximum atomic E-state index is 12.2. The number of fused-ring (bicyclic) bond motifs is 3. The largest absolute Gasteiger partial charge is 0.512 e. The van der Waals surface area contributed by atoms with Gasteiger partial charge in [0.05, 0.1) is 12.5 Å². The van der Waals surface area contributed by atoms with Crippen LogP contribution in [-0.4, -0.2) is 15.9 Å². The summed E-state index contributed by atoms with van der Waals surface area (Å²) >= 11 is 0. The molecule has 1 radical (unpaired) electrons. The van der Waals surface area contributed by atoms with Crippen molar-refractivity contribution in [3.05, 3.63) is 102 Å². The third kappa shape index (κ3) is 9.19. The van der Waals surface area contributed by atoms with Crippen LogP contribution >= 0.6 is 0 Å². The van der Waals surface area contributed by atoms with Gasteiger partial charge in [0.25, 0.3) is 0 Å². The van der Waals surface area contributed by atoms with Crippen LogP contribution in [0.25, 0.3) is 55.2 Å². The molecule has 0 fully saturated rings. The molecule has 0 spiro atoms. The predicted octanol–water partition coefficient (Wildman–Crippen LogP) is 14.3. The van der Waals surface area contributed by atoms with Crippen molar-refractivity contribution in [1.29, 1.82) is 0 Å². The van der Waals surface area contributed by atoms with Crippen molar-refractivity contribution >= 4 is 38.6 Å². The number of aliphatic hydroxyl groups is 1. The molecule has 295 valence electrons. The van der Waals surface area contributed by atoms with Crippen LogP contribution in [0.4, 0.5) is 0 Å². The number of allylic oxidation sites excluding steroid dienone is 2. The summed E-state index contributed by atoms with van der Waals surface area (Å²) < 4.78 is 12.0. The van der Waals surface area contributed by atoms with Crippen molar-refractivity contribution in [3.63, 3.8) is 0 Å². The quantitative estimate of drug-likeness (QED) is 0.0796. The second-order valence-electron chi connectivity index (χ2n) is 17.0. The Kier molecular flexibility index (Phi) is 13.9. The van der Waals surface area contributed by atoms with Gasteiger partial charge in [-0.15, -0.1) is 29.1 Å². The van der Waals surface area contributed by atoms with E-state index in [1.165, 1.54) is 28.0 Å². The van der Waals surface area contributed by atoms with Gasteiger partial charge >= 0.3 is 0 Å². The molecule has 0 aliphatic carbocycles. The molecule has 0 atom stereocenters. The van der Waals surface area contributed by atoms with Crippen molar-refractivity contribution in [2.24, 2.45) is 16.7 Å². The van der Waals surface area contributed by atoms with Crippen LogP contribution in [0.15, 0.2) is 87.8 Å². The molecule has 6 heteroatoms. The topological polar surface area (TPSA) is 76.5 Å². The zero-order valence-electron chi connectivity index (χ0n) is 35.0. The summed E-state index contributed by atoms with van der Waals surface area (Å²) in [4.78, 5) is 17.3. The van der Waals surface area contributed by atoms with Gasteiger partial charge in [-0.05, 0) is 67.6 Å². The minimum absolute atomic E-state index is 0. The Labute approximate surface area is 342 Å². The van der Waals surface area contributed by atoms with Crippen LogP contribution < -0.4 is 0 Å². The number of carbonyl (C=O) groups is 1. The molecule has 6 rings (SSSR count). The van der Waals surface area contributed by atoms with Crippen molar-refractivity contribution in [3.8, 4) is 22.4 Å². The third-order valence-electron chi connectivity index (χ3n) is 11.8. The first-order valence-electron chi connectivity index (χ1n) is 19.8. The summed E-state index contributed by atoms with van der Waals surface area (Å²) in [5, 5.41) is 13.7. The van der Waals surface area contributed by atoms with Gasteiger partial charge in [0.2, 0.25) is 0 Å². The summed E-state index contributed by atoms with van der Waals surface area (Å²) in [6.07, 6.45) is 9.45. The average Bonchev–Trinajstić information content (AvgIpc) is 3.74. The van der Waals surface area contributed by atoms with Gasteiger partial charge in [0, 0.05) is 59.2 Å². The maximum absolute atomic E-state index is 12.2. The summed E-state index contributed by atoms with van der Waals surface area (Å²) in [5.74, 6) is 0.860. The fourth-order valence-electron chi connectivity index (χ4n) is 7.00. The van der Waals surface area contributed by atoms with Crippen LogP contribution in [-0.2, 0) is 36.7 Å². The summed E-state index contributed by atoms with van der Waals surface area (Å²) in [6, 6.07) is 23.0. The van der Waals surface area contributed by atoms with Gasteiger partial charge in [0.15, 0.2) is 11.4 Å². The summed E-state index contributed by atoms with van der Waals surface area (Å²) in [5.41, 5.74) is 9.47. The molecular formula is C49H60IrNO4-. The molecule has 3 aromatic carbocycles. The van der Waals surface area contributed by atoms with E-state index in [4.69, 9.17) is 13.8 Å². The minimum atomic E-state index is -0.337. The molecule has 0 amide bonds. The van der Waals surface area contributed by atoms with E-state index < -0.39 is 0 Å². The van der Waals surface area contributed by atoms with Crippen LogP contribution in [0.5, 0.6) is 0 Å². The Morgan fingerprint density at radius 1 is 0.855 bits per heavy atom. The summed E-state index contributed by atoms with van der Waals surface area (Å²) in [7, 11) is 0. The standard InChI is InChI=1S/C34H32NO2.C15H28O2.Ir/c1-20(2)13-25-19-36-31-16-23(11-12-27(25)31)28-17-30(35-32-21(3)18-37-33(28)32)24-14-22-9-7-8-10-26(22)29(15-24)34(4,5)6;1-7-14(5,8-2)12(16)11-13(17)15(6,9-3)10-4;/h7-12,15-20H,13H2,1-6H3;11,16H,7-10H2,1-6H3;/q-1;;/b;12-11-;. The predicted molar refractivity (Wildman–Crippen MR) is 226 cm³/mol. The van der Waals surface area contributed by atoms with E-state index in [2.05, 4.69) is 95.3 Å². The molecule has 0 aliphatic rings. The Morgan fingerprint density at radius 2 is 1.51 bits per heavy atom. The van der Waals surface area contributed by atoms with Crippen LogP contribution in [0.2, 0.25) is 0 Å². The fraction of sp³-hybridized carbons (Fsp3) is 0.429. The number of furan rings is 2. The molecule has 0 saturated heterocycles. The van der Waals surface area contributed by atoms with Gasteiger partial charge in [-0.2, -0.15) is 0 Å². The normalized spacial score (nSPS) is 12.6. The second-order valence-corrected chi connectivity index (χ2v) is 17.0. The molecule has 1 N–H and O–H groups in total. The fourth-order valence-corrected chi connectivity index (χ4v) is 7.00. The van der Waals surface area contributed by atoms with Crippen molar-refractivity contribution in [2.45, 2.75) is 121 Å². The first-order chi connectivity index (χ1) is 25.5. The number of hydrogen-bond donors (Lipinski definition) is 1. The monoisotopic (exact) mass is 919 g/mol. The maximum Gasteiger partial charge on any atom is 0.164 e. The molecule has 6 aromatic rings. The second kappa shape index (κ2) is 17.4. The van der Waals surface area contributed by atoms with Gasteiger partial charge in [-0.25, -0.2) is 0 Å². The van der Waals surface area contributed by atoms with Crippen LogP contribution in [0.1, 0.15) is 119 Å². The molecule has 3 heterocycles. The molecule has 3 aromatic heterocycles. The number of carbonyl (C=O) groups excluding carboxylic acids is 1. The van der Waals surface area contributed by atoms with E-state index in [-0.39, 0.29) is 47.9 Å². The van der Waals surface area contributed by atoms with Crippen molar-refractivity contribution in [1.82, 2.24) is 4.98 Å². The van der Waals surface area contributed by atoms with Gasteiger partial charge in [0.1, 0.15) is 16.9 Å². The average molecular weight is 919 g/mol. The summed E-state index contributed by atoms with van der Waals surface area (Å²) in [6.45, 7) is 25.4. The molecule has 55 heavy (non-hydrogen) atoms. The Morgan fingerprint density at radius 3 is 2.13 bits per heavy atom. The first kappa shape index (κ1) is 43.7. The Hall–Kier alpha value is -3.99. The molecule has 5 nitrogen and oxygen atoms in total. The van der Waals surface area contributed by atoms with Crippen molar-refractivity contribution in [2.75, 3.05) is 0 Å². The Balaban J connectivity index is 0.000000320. The Bertz CT molecular complexity index is 2290. The molecule has 0 saturated carbocycles. The third-order valence-corrected chi connectivity index (χ3v) is 11.8. The van der Waals surface area contributed by atoms with E-state index in [0.29, 0.717) is 5.92 Å². The molecule has 0 bridgehead atoms. The van der Waals surface area contributed by atoms with Crippen LogP contribution in [0.3, 0.4) is 0 Å². The van der Waals surface area contributed by atoms with Gasteiger partial charge < -0.3 is 13.9 Å². The minimum Gasteiger partial charge on any atom is -0.512 e. The number of rotatable bonds is 11. The smallest absolute Gasteiger partial charge is 0.164 e. The number of benzene rings is 3. The zero-order chi connectivity index (χ0) is 39.6. The molecular weight excluding hydrogens is 859 g/mol. The number of nitrogens with zero attached hydrogens (tertiary/aromatic N) is 1. The van der Waals surface area contributed by atoms with E-state index in [1.54, 1.807) is 6.26 Å². The number of aryl methyl sites for hydroxylation is 1. The van der Waals surface area contributed by atoms with Crippen LogP contribution in [0, 0.1) is 29.7 Å². The van der Waals surface area contributed by atoms with Gasteiger partial charge in [-0.3, -0.25) is 9.78 Å². The number of ketones is 1. The number of pyridine rings is 1. The van der Waals surface area contributed by atoms with Crippen molar-refractivity contribution < 1.29 is 38.8 Å². The number of aliphatic hydroxyl groups excluding tert-OH is 1. The number of aromatic nitrogens is 1. The SMILES string of the molecule is CCC(C)(CC)C(=O)/C=C(\O)C(C)(CC)CC.Cc1coc2c(-c3ccc4c(CC(C)C)coc4c3)cc(-c3[c-]c4ccccc4c(C(C)(C)C)c3)nc12.[Ir]. The van der Waals surface area contributed by atoms with E-state index in [1.807, 2.05) is 54.7 Å². The van der Waals surface area contributed by atoms with E-state index in [9.17, 15) is 9.90 Å². The number of hydrogen-bond acceptors (Lipinski definition) is 5. The first-order valence-corrected chi connectivity index (χ1v) is 19.8. The molecule has 0 aliphatic heterocycles. The van der Waals surface area contributed by atoms with Gasteiger partial charge in [-0.1, -0.05) is 124 Å². The molecule has 0 unspecified atom stereocenters.